The van der Waals surface area contributed by atoms with E-state index in [4.69, 9.17) is 5.73 Å². The summed E-state index contributed by atoms with van der Waals surface area (Å²) in [6, 6.07) is 7.51. The van der Waals surface area contributed by atoms with Gasteiger partial charge in [-0.1, -0.05) is 32.9 Å². The Morgan fingerprint density at radius 1 is 1.29 bits per heavy atom. The molecule has 17 heavy (non-hydrogen) atoms. The Balaban J connectivity index is 2.72. The number of rotatable bonds is 3. The Morgan fingerprint density at radius 3 is 2.24 bits per heavy atom. The maximum absolute atomic E-state index is 11.3. The fourth-order valence-corrected chi connectivity index (χ4v) is 1.45. The van der Waals surface area contributed by atoms with Crippen LogP contribution in [-0.4, -0.2) is 19.1 Å². The highest BCUT2D eigenvalue weighted by Crippen LogP contribution is 2.20. The molecular weight excluding hydrogens is 214 g/mol. The van der Waals surface area contributed by atoms with Crippen molar-refractivity contribution >= 4 is 5.97 Å². The van der Waals surface area contributed by atoms with Gasteiger partial charge in [-0.05, 0) is 29.5 Å². The van der Waals surface area contributed by atoms with Crippen LogP contribution >= 0.6 is 0 Å². The monoisotopic (exact) mass is 235 g/mol. The van der Waals surface area contributed by atoms with Gasteiger partial charge in [0.15, 0.2) is 0 Å². The maximum atomic E-state index is 11.3. The van der Waals surface area contributed by atoms with Gasteiger partial charge in [-0.15, -0.1) is 0 Å². The van der Waals surface area contributed by atoms with Crippen LogP contribution in [0.4, 0.5) is 0 Å². The predicted molar refractivity (Wildman–Crippen MR) is 68.9 cm³/mol. The molecule has 0 aliphatic heterocycles. The van der Waals surface area contributed by atoms with Gasteiger partial charge in [0, 0.05) is 6.04 Å². The molecule has 1 atom stereocenters. The van der Waals surface area contributed by atoms with Crippen molar-refractivity contribution in [3.63, 3.8) is 0 Å². The smallest absolute Gasteiger partial charge is 0.337 e. The fraction of sp³-hybridized carbons (Fsp3) is 0.500. The summed E-state index contributed by atoms with van der Waals surface area (Å²) in [4.78, 5) is 11.3. The molecule has 0 aromatic heterocycles. The minimum atomic E-state index is -0.309. The molecule has 3 heteroatoms. The summed E-state index contributed by atoms with van der Waals surface area (Å²) in [5.41, 5.74) is 7.91. The van der Waals surface area contributed by atoms with Crippen molar-refractivity contribution in [2.75, 3.05) is 7.11 Å². The zero-order valence-corrected chi connectivity index (χ0v) is 11.0. The lowest BCUT2D eigenvalue weighted by Crippen LogP contribution is -2.36. The largest absolute Gasteiger partial charge is 0.465 e. The summed E-state index contributed by atoms with van der Waals surface area (Å²) in [5, 5.41) is 0. The van der Waals surface area contributed by atoms with Gasteiger partial charge < -0.3 is 10.5 Å². The van der Waals surface area contributed by atoms with E-state index in [1.807, 2.05) is 12.1 Å². The average molecular weight is 235 g/mol. The maximum Gasteiger partial charge on any atom is 0.337 e. The summed E-state index contributed by atoms with van der Waals surface area (Å²) in [7, 11) is 1.38. The van der Waals surface area contributed by atoms with Crippen LogP contribution in [-0.2, 0) is 11.2 Å². The molecule has 0 saturated heterocycles. The minimum Gasteiger partial charge on any atom is -0.465 e. The molecule has 2 N–H and O–H groups in total. The average Bonchev–Trinajstić information content (AvgIpc) is 2.27. The van der Waals surface area contributed by atoms with Crippen molar-refractivity contribution in [3.8, 4) is 0 Å². The number of nitrogens with two attached hydrogens (primary N) is 1. The van der Waals surface area contributed by atoms with Crippen LogP contribution in [0.5, 0.6) is 0 Å². The van der Waals surface area contributed by atoms with E-state index in [2.05, 4.69) is 25.5 Å². The van der Waals surface area contributed by atoms with Gasteiger partial charge in [-0.3, -0.25) is 0 Å². The second kappa shape index (κ2) is 5.32. The summed E-state index contributed by atoms with van der Waals surface area (Å²) in [6.45, 7) is 6.38. The van der Waals surface area contributed by atoms with Gasteiger partial charge >= 0.3 is 5.97 Å². The molecule has 0 aliphatic carbocycles. The summed E-state index contributed by atoms with van der Waals surface area (Å²) in [6.07, 6.45) is 0.810. The molecule has 0 fully saturated rings. The lowest BCUT2D eigenvalue weighted by Gasteiger charge is -2.27. The number of hydrogen-bond acceptors (Lipinski definition) is 3. The first kappa shape index (κ1) is 13.7. The van der Waals surface area contributed by atoms with E-state index in [0.29, 0.717) is 5.56 Å². The van der Waals surface area contributed by atoms with Gasteiger partial charge in [0.2, 0.25) is 0 Å². The molecule has 1 aromatic rings. The molecule has 3 nitrogen and oxygen atoms in total. The van der Waals surface area contributed by atoms with E-state index in [0.717, 1.165) is 12.0 Å². The molecule has 1 unspecified atom stereocenters. The molecule has 0 radical (unpaired) electrons. The van der Waals surface area contributed by atoms with E-state index in [1.165, 1.54) is 7.11 Å². The Hall–Kier alpha value is -1.35. The van der Waals surface area contributed by atoms with Gasteiger partial charge in [-0.2, -0.15) is 0 Å². The van der Waals surface area contributed by atoms with E-state index in [-0.39, 0.29) is 17.4 Å². The summed E-state index contributed by atoms with van der Waals surface area (Å²) in [5.74, 6) is -0.309. The highest BCUT2D eigenvalue weighted by atomic mass is 16.5. The second-order valence-electron chi connectivity index (χ2n) is 5.37. The number of carbonyl (C=O) groups is 1. The summed E-state index contributed by atoms with van der Waals surface area (Å²) < 4.78 is 4.65. The van der Waals surface area contributed by atoms with Crippen LogP contribution in [0.3, 0.4) is 0 Å². The third-order valence-electron chi connectivity index (χ3n) is 2.94. The molecule has 0 bridgehead atoms. The number of benzene rings is 1. The van der Waals surface area contributed by atoms with Crippen LogP contribution in [0.15, 0.2) is 24.3 Å². The van der Waals surface area contributed by atoms with Crippen LogP contribution in [0, 0.1) is 5.41 Å². The quantitative estimate of drug-likeness (QED) is 0.818. The zero-order valence-electron chi connectivity index (χ0n) is 11.0. The van der Waals surface area contributed by atoms with Crippen LogP contribution < -0.4 is 5.73 Å². The Kier molecular flexibility index (Phi) is 4.29. The third-order valence-corrected chi connectivity index (χ3v) is 2.94. The van der Waals surface area contributed by atoms with Crippen molar-refractivity contribution in [1.82, 2.24) is 0 Å². The van der Waals surface area contributed by atoms with Crippen molar-refractivity contribution in [2.24, 2.45) is 11.1 Å². The number of hydrogen-bond donors (Lipinski definition) is 1. The molecule has 0 heterocycles. The van der Waals surface area contributed by atoms with Crippen molar-refractivity contribution in [2.45, 2.75) is 33.2 Å². The molecular formula is C14H21NO2. The highest BCUT2D eigenvalue weighted by Gasteiger charge is 2.20. The minimum absolute atomic E-state index is 0.0843. The lowest BCUT2D eigenvalue weighted by molar-refractivity contribution is 0.0600. The Labute approximate surface area is 103 Å². The molecule has 0 amide bonds. The number of carbonyl (C=O) groups excluding carboxylic acids is 1. The SMILES string of the molecule is COC(=O)c1ccc(CC(N)C(C)(C)C)cc1. The lowest BCUT2D eigenvalue weighted by atomic mass is 9.84. The first-order chi connectivity index (χ1) is 7.84. The Morgan fingerprint density at radius 2 is 1.82 bits per heavy atom. The van der Waals surface area contributed by atoms with Crippen molar-refractivity contribution in [3.05, 3.63) is 35.4 Å². The molecule has 0 aliphatic rings. The normalized spacial score (nSPS) is 13.2. The number of esters is 1. The molecule has 1 aromatic carbocycles. The molecule has 1 rings (SSSR count). The topological polar surface area (TPSA) is 52.3 Å². The van der Waals surface area contributed by atoms with Gasteiger partial charge in [0.1, 0.15) is 0 Å². The predicted octanol–water partition coefficient (Wildman–Crippen LogP) is 2.39. The van der Waals surface area contributed by atoms with E-state index in [9.17, 15) is 4.79 Å². The van der Waals surface area contributed by atoms with E-state index in [1.54, 1.807) is 12.1 Å². The van der Waals surface area contributed by atoms with Crippen LogP contribution in [0.1, 0.15) is 36.7 Å². The van der Waals surface area contributed by atoms with Crippen LogP contribution in [0.25, 0.3) is 0 Å². The first-order valence-corrected chi connectivity index (χ1v) is 5.77. The standard InChI is InChI=1S/C14H21NO2/c1-14(2,3)12(15)9-10-5-7-11(8-6-10)13(16)17-4/h5-8,12H,9,15H2,1-4H3. The van der Waals surface area contributed by atoms with Gasteiger partial charge in [-0.25, -0.2) is 4.79 Å². The number of ether oxygens (including phenoxy) is 1. The van der Waals surface area contributed by atoms with Crippen molar-refractivity contribution in [1.29, 1.82) is 0 Å². The molecule has 0 spiro atoms. The zero-order chi connectivity index (χ0) is 13.1. The van der Waals surface area contributed by atoms with E-state index < -0.39 is 0 Å². The first-order valence-electron chi connectivity index (χ1n) is 5.77. The number of methoxy groups -OCH3 is 1. The fourth-order valence-electron chi connectivity index (χ4n) is 1.45. The third kappa shape index (κ3) is 3.86. The van der Waals surface area contributed by atoms with Crippen molar-refractivity contribution < 1.29 is 9.53 Å². The van der Waals surface area contributed by atoms with Gasteiger partial charge in [0.05, 0.1) is 12.7 Å². The second-order valence-corrected chi connectivity index (χ2v) is 5.37. The highest BCUT2D eigenvalue weighted by molar-refractivity contribution is 5.89. The Bertz CT molecular complexity index is 376. The van der Waals surface area contributed by atoms with Gasteiger partial charge in [0.25, 0.3) is 0 Å². The van der Waals surface area contributed by atoms with E-state index >= 15 is 0 Å². The molecule has 94 valence electrons. The molecule has 0 saturated carbocycles. The van der Waals surface area contributed by atoms with Crippen LogP contribution in [0.2, 0.25) is 0 Å². The summed E-state index contributed by atoms with van der Waals surface area (Å²) >= 11 is 0.